The van der Waals surface area contributed by atoms with E-state index >= 15 is 0 Å². The van der Waals surface area contributed by atoms with E-state index in [-0.39, 0.29) is 0 Å². The Labute approximate surface area is 116 Å². The van der Waals surface area contributed by atoms with Crippen molar-refractivity contribution in [2.24, 2.45) is 5.41 Å². The summed E-state index contributed by atoms with van der Waals surface area (Å²) in [5, 5.41) is 12.7. The molecule has 0 saturated heterocycles. The highest BCUT2D eigenvalue weighted by Crippen LogP contribution is 2.57. The van der Waals surface area contributed by atoms with Crippen LogP contribution in [0.25, 0.3) is 0 Å². The summed E-state index contributed by atoms with van der Waals surface area (Å²) in [6, 6.07) is 11.1. The molecule has 0 amide bonds. The van der Waals surface area contributed by atoms with E-state index in [4.69, 9.17) is 5.26 Å². The van der Waals surface area contributed by atoms with Crippen LogP contribution in [-0.2, 0) is 0 Å². The Kier molecular flexibility index (Phi) is 4.27. The van der Waals surface area contributed by atoms with Crippen LogP contribution in [0.2, 0.25) is 0 Å². The highest BCUT2D eigenvalue weighted by Gasteiger charge is 2.52. The lowest BCUT2D eigenvalue weighted by Gasteiger charge is -2.56. The molecule has 2 heteroatoms. The molecule has 0 bridgehead atoms. The number of benzene rings is 1. The molecule has 0 heterocycles. The third-order valence-corrected chi connectivity index (χ3v) is 5.04. The molecule has 1 aromatic rings. The highest BCUT2D eigenvalue weighted by molar-refractivity contribution is 5.37. The molecular weight excluding hydrogens is 232 g/mol. The van der Waals surface area contributed by atoms with Crippen LogP contribution < -0.4 is 5.32 Å². The second kappa shape index (κ2) is 5.75. The van der Waals surface area contributed by atoms with E-state index in [1.54, 1.807) is 0 Å². The molecule has 2 atom stereocenters. The largest absolute Gasteiger partial charge is 0.314 e. The monoisotopic (exact) mass is 256 g/mol. The van der Waals surface area contributed by atoms with Crippen LogP contribution in [0.4, 0.5) is 0 Å². The molecule has 1 saturated carbocycles. The fourth-order valence-corrected chi connectivity index (χ4v) is 3.85. The number of nitriles is 1. The molecule has 0 aliphatic heterocycles. The molecular formula is C17H24N2. The number of nitrogens with zero attached hydrogens (tertiary/aromatic N) is 1. The van der Waals surface area contributed by atoms with E-state index < -0.39 is 0 Å². The lowest BCUT2D eigenvalue weighted by molar-refractivity contribution is 0.0210. The van der Waals surface area contributed by atoms with Crippen molar-refractivity contribution >= 4 is 0 Å². The van der Waals surface area contributed by atoms with Gasteiger partial charge in [-0.1, -0.05) is 32.9 Å². The third kappa shape index (κ3) is 2.28. The van der Waals surface area contributed by atoms with Gasteiger partial charge in [-0.25, -0.2) is 0 Å². The standard InChI is InChI=1S/C17H24N2/c1-4-17(5-2)15(11-16(17)19-6-3)14-9-7-8-13(10-14)12-18/h7-10,15-16,19H,4-6,11H2,1-3H3. The maximum Gasteiger partial charge on any atom is 0.0991 e. The molecule has 0 aromatic heterocycles. The van der Waals surface area contributed by atoms with Crippen molar-refractivity contribution in [1.29, 1.82) is 5.26 Å². The summed E-state index contributed by atoms with van der Waals surface area (Å²) in [7, 11) is 0. The molecule has 1 N–H and O–H groups in total. The lowest BCUT2D eigenvalue weighted by Crippen LogP contribution is -2.58. The molecule has 0 spiro atoms. The third-order valence-electron chi connectivity index (χ3n) is 5.04. The second-order valence-corrected chi connectivity index (χ2v) is 5.58. The Morgan fingerprint density at radius 3 is 2.63 bits per heavy atom. The van der Waals surface area contributed by atoms with Crippen LogP contribution in [0.3, 0.4) is 0 Å². The minimum atomic E-state index is 0.365. The van der Waals surface area contributed by atoms with E-state index in [1.165, 1.54) is 24.8 Å². The molecule has 1 aliphatic carbocycles. The SMILES string of the molecule is CCNC1CC(c2cccc(C#N)c2)C1(CC)CC. The Morgan fingerprint density at radius 1 is 1.32 bits per heavy atom. The number of nitrogens with one attached hydrogen (secondary N) is 1. The molecule has 1 aliphatic rings. The Bertz CT molecular complexity index is 468. The fraction of sp³-hybridized carbons (Fsp3) is 0.588. The quantitative estimate of drug-likeness (QED) is 0.869. The summed E-state index contributed by atoms with van der Waals surface area (Å²) in [6.07, 6.45) is 3.59. The summed E-state index contributed by atoms with van der Waals surface area (Å²) in [4.78, 5) is 0. The fourth-order valence-electron chi connectivity index (χ4n) is 3.85. The minimum Gasteiger partial charge on any atom is -0.314 e. The van der Waals surface area contributed by atoms with Crippen molar-refractivity contribution in [3.05, 3.63) is 35.4 Å². The number of hydrogen-bond donors (Lipinski definition) is 1. The predicted molar refractivity (Wildman–Crippen MR) is 79.0 cm³/mol. The van der Waals surface area contributed by atoms with E-state index in [9.17, 15) is 0 Å². The van der Waals surface area contributed by atoms with Crippen LogP contribution >= 0.6 is 0 Å². The number of hydrogen-bond acceptors (Lipinski definition) is 2. The maximum atomic E-state index is 9.05. The Balaban J connectivity index is 2.27. The van der Waals surface area contributed by atoms with Crippen molar-refractivity contribution in [1.82, 2.24) is 5.32 Å². The van der Waals surface area contributed by atoms with Gasteiger partial charge in [-0.3, -0.25) is 0 Å². The average Bonchev–Trinajstić information content (AvgIpc) is 2.44. The Morgan fingerprint density at radius 2 is 2.05 bits per heavy atom. The summed E-state index contributed by atoms with van der Waals surface area (Å²) >= 11 is 0. The van der Waals surface area contributed by atoms with Crippen LogP contribution in [0.1, 0.15) is 57.1 Å². The first kappa shape index (κ1) is 14.1. The van der Waals surface area contributed by atoms with Gasteiger partial charge in [0.15, 0.2) is 0 Å². The smallest absolute Gasteiger partial charge is 0.0991 e. The van der Waals surface area contributed by atoms with Gasteiger partial charge in [-0.15, -0.1) is 0 Å². The van der Waals surface area contributed by atoms with Crippen molar-refractivity contribution in [3.63, 3.8) is 0 Å². The van der Waals surface area contributed by atoms with Gasteiger partial charge in [-0.2, -0.15) is 5.26 Å². The van der Waals surface area contributed by atoms with Gasteiger partial charge in [0.1, 0.15) is 0 Å². The zero-order chi connectivity index (χ0) is 13.9. The second-order valence-electron chi connectivity index (χ2n) is 5.58. The van der Waals surface area contributed by atoms with Crippen molar-refractivity contribution in [2.75, 3.05) is 6.54 Å². The zero-order valence-electron chi connectivity index (χ0n) is 12.2. The maximum absolute atomic E-state index is 9.05. The lowest BCUT2D eigenvalue weighted by atomic mass is 9.51. The first-order valence-electron chi connectivity index (χ1n) is 7.45. The molecule has 102 valence electrons. The van der Waals surface area contributed by atoms with Crippen LogP contribution in [-0.4, -0.2) is 12.6 Å². The van der Waals surface area contributed by atoms with Gasteiger partial charge in [0, 0.05) is 6.04 Å². The topological polar surface area (TPSA) is 35.8 Å². The van der Waals surface area contributed by atoms with Crippen LogP contribution in [0.5, 0.6) is 0 Å². The highest BCUT2D eigenvalue weighted by atomic mass is 15.0. The molecule has 1 fully saturated rings. The van der Waals surface area contributed by atoms with Gasteiger partial charge < -0.3 is 5.32 Å². The summed E-state index contributed by atoms with van der Waals surface area (Å²) in [5.74, 6) is 0.597. The zero-order valence-corrected chi connectivity index (χ0v) is 12.2. The minimum absolute atomic E-state index is 0.365. The molecule has 1 aromatic carbocycles. The predicted octanol–water partition coefficient (Wildman–Crippen LogP) is 3.83. The van der Waals surface area contributed by atoms with E-state index in [2.05, 4.69) is 44.3 Å². The molecule has 2 nitrogen and oxygen atoms in total. The summed E-state index contributed by atoms with van der Waals surface area (Å²) in [5.41, 5.74) is 2.49. The van der Waals surface area contributed by atoms with Crippen molar-refractivity contribution in [3.8, 4) is 6.07 Å². The van der Waals surface area contributed by atoms with Gasteiger partial charge in [0.25, 0.3) is 0 Å². The van der Waals surface area contributed by atoms with Crippen LogP contribution in [0.15, 0.2) is 24.3 Å². The van der Waals surface area contributed by atoms with Gasteiger partial charge >= 0.3 is 0 Å². The van der Waals surface area contributed by atoms with E-state index in [0.29, 0.717) is 17.4 Å². The molecule has 2 rings (SSSR count). The average molecular weight is 256 g/mol. The van der Waals surface area contributed by atoms with Crippen molar-refractivity contribution in [2.45, 2.75) is 52.0 Å². The Hall–Kier alpha value is -1.33. The molecule has 19 heavy (non-hydrogen) atoms. The first-order valence-corrected chi connectivity index (χ1v) is 7.45. The summed E-state index contributed by atoms with van der Waals surface area (Å²) in [6.45, 7) is 7.82. The summed E-state index contributed by atoms with van der Waals surface area (Å²) < 4.78 is 0. The van der Waals surface area contributed by atoms with Gasteiger partial charge in [0.2, 0.25) is 0 Å². The van der Waals surface area contributed by atoms with E-state index in [0.717, 1.165) is 12.1 Å². The first-order chi connectivity index (χ1) is 9.21. The normalized spacial score (nSPS) is 24.5. The van der Waals surface area contributed by atoms with Gasteiger partial charge in [-0.05, 0) is 54.8 Å². The molecule has 2 unspecified atom stereocenters. The van der Waals surface area contributed by atoms with Gasteiger partial charge in [0.05, 0.1) is 11.6 Å². The van der Waals surface area contributed by atoms with Crippen LogP contribution in [0, 0.1) is 16.7 Å². The number of rotatable bonds is 5. The molecule has 0 radical (unpaired) electrons. The van der Waals surface area contributed by atoms with Crippen molar-refractivity contribution < 1.29 is 0 Å². The van der Waals surface area contributed by atoms with E-state index in [1.807, 2.05) is 12.1 Å².